The third kappa shape index (κ3) is 4.72. The number of halogens is 8. The Labute approximate surface area is 312 Å². The van der Waals surface area contributed by atoms with E-state index in [1.54, 1.807) is 0 Å². The van der Waals surface area contributed by atoms with Gasteiger partial charge < -0.3 is 20.1 Å². The first-order valence-corrected chi connectivity index (χ1v) is 16.9. The molecule has 4 amide bonds. The second-order valence-corrected chi connectivity index (χ2v) is 14.9. The lowest BCUT2D eigenvalue weighted by Crippen LogP contribution is -2.60. The highest BCUT2D eigenvalue weighted by Crippen LogP contribution is 2.66. The fourth-order valence-electron chi connectivity index (χ4n) is 7.95. The zero-order valence-electron chi connectivity index (χ0n) is 26.4. The summed E-state index contributed by atoms with van der Waals surface area (Å²) in [6.45, 7) is 0. The molecule has 3 aromatic rings. The van der Waals surface area contributed by atoms with Crippen LogP contribution in [0.1, 0.15) is 34.7 Å². The van der Waals surface area contributed by atoms with Crippen molar-refractivity contribution in [3.63, 3.8) is 0 Å². The molecule has 2 aliphatic heterocycles. The Hall–Kier alpha value is -4.74. The maximum absolute atomic E-state index is 15.3. The number of carboxylic acids is 1. The molecule has 7 rings (SSSR count). The van der Waals surface area contributed by atoms with Crippen LogP contribution in [-0.4, -0.2) is 61.8 Å². The lowest BCUT2D eigenvalue weighted by molar-refractivity contribution is -0.125. The smallest absolute Gasteiger partial charge is 0.339 e. The van der Waals surface area contributed by atoms with E-state index in [0.717, 1.165) is 18.2 Å². The number of aromatic hydroxyl groups is 2. The summed E-state index contributed by atoms with van der Waals surface area (Å²) >= 11 is 17.4. The van der Waals surface area contributed by atoms with Crippen molar-refractivity contribution in [1.29, 1.82) is 0 Å². The molecular weight excluding hydrogens is 826 g/mol. The van der Waals surface area contributed by atoms with Gasteiger partial charge in [0.1, 0.15) is 17.0 Å². The number of ether oxygens (including phenoxy) is 1. The molecule has 53 heavy (non-hydrogen) atoms. The number of aromatic carboxylic acids is 1. The van der Waals surface area contributed by atoms with E-state index in [0.29, 0.717) is 4.90 Å². The minimum absolute atomic E-state index is 0.0239. The van der Waals surface area contributed by atoms with Crippen LogP contribution in [0.25, 0.3) is 0 Å². The predicted octanol–water partition coefficient (Wildman–Crippen LogP) is 6.03. The number of phenolic OH excluding ortho intramolecular Hbond substituents is 1. The lowest BCUT2D eigenvalue weighted by atomic mass is 9.56. The second-order valence-electron chi connectivity index (χ2n) is 12.8. The SMILES string of the molecule is COc1cc(C2C3=CCC4C(=O)N(c5ccc(C(=O)O)c(O)c5)C(=O)C4C3CC3(Cl)C(=O)N(c4c(F)c(F)c(F)c(F)c4F)C(=O)C23Cl)cc(Br)c1O. The largest absolute Gasteiger partial charge is 0.507 e. The minimum atomic E-state index is -2.81. The first-order valence-electron chi connectivity index (χ1n) is 15.3. The molecule has 276 valence electrons. The van der Waals surface area contributed by atoms with Crippen molar-refractivity contribution < 1.29 is 66.0 Å². The summed E-state index contributed by atoms with van der Waals surface area (Å²) in [4.78, 5) is 63.1. The number of hydrogen-bond acceptors (Lipinski definition) is 8. The van der Waals surface area contributed by atoms with Gasteiger partial charge in [0.15, 0.2) is 44.5 Å². The molecule has 6 atom stereocenters. The van der Waals surface area contributed by atoms with Crippen LogP contribution in [0, 0.1) is 46.8 Å². The molecule has 1 saturated carbocycles. The van der Waals surface area contributed by atoms with Gasteiger partial charge in [-0.1, -0.05) is 11.6 Å². The van der Waals surface area contributed by atoms with Gasteiger partial charge in [0.2, 0.25) is 17.6 Å². The third-order valence-electron chi connectivity index (χ3n) is 10.3. The average molecular weight is 846 g/mol. The minimum Gasteiger partial charge on any atom is -0.507 e. The Bertz CT molecular complexity index is 2270. The van der Waals surface area contributed by atoms with E-state index in [1.807, 2.05) is 0 Å². The van der Waals surface area contributed by atoms with Gasteiger partial charge in [0.05, 0.1) is 29.1 Å². The quantitative estimate of drug-likeness (QED) is 0.0696. The average Bonchev–Trinajstić information content (AvgIpc) is 3.45. The van der Waals surface area contributed by atoms with Crippen LogP contribution in [0.15, 0.2) is 46.5 Å². The number of alkyl halides is 2. The highest BCUT2D eigenvalue weighted by atomic mass is 79.9. The molecule has 3 fully saturated rings. The van der Waals surface area contributed by atoms with Crippen LogP contribution in [-0.2, 0) is 19.2 Å². The van der Waals surface area contributed by atoms with Gasteiger partial charge in [-0.15, -0.1) is 23.2 Å². The van der Waals surface area contributed by atoms with Gasteiger partial charge in [-0.2, -0.15) is 0 Å². The summed E-state index contributed by atoms with van der Waals surface area (Å²) in [5.41, 5.74) is -2.55. The summed E-state index contributed by atoms with van der Waals surface area (Å²) in [5, 5.41) is 30.2. The maximum Gasteiger partial charge on any atom is 0.339 e. The number of anilines is 2. The molecule has 0 spiro atoms. The fraction of sp³-hybridized carbons (Fsp3) is 0.265. The van der Waals surface area contributed by atoms with E-state index in [2.05, 4.69) is 15.9 Å². The molecule has 0 radical (unpaired) electrons. The zero-order valence-corrected chi connectivity index (χ0v) is 29.5. The number of rotatable bonds is 5. The number of amides is 4. The zero-order chi connectivity index (χ0) is 38.8. The number of allylic oxidation sites excluding steroid dienone is 2. The fourth-order valence-corrected chi connectivity index (χ4v) is 9.35. The molecule has 2 saturated heterocycles. The number of carboxylic acid groups (broad SMARTS) is 1. The number of carbonyl (C=O) groups is 5. The van der Waals surface area contributed by atoms with Crippen LogP contribution in [0.2, 0.25) is 0 Å². The summed E-state index contributed by atoms with van der Waals surface area (Å²) in [7, 11) is 1.18. The number of benzene rings is 3. The van der Waals surface area contributed by atoms with Crippen molar-refractivity contribution in [3.05, 3.63) is 86.7 Å². The predicted molar refractivity (Wildman–Crippen MR) is 176 cm³/mol. The van der Waals surface area contributed by atoms with Crippen molar-refractivity contribution in [3.8, 4) is 17.2 Å². The molecule has 0 bridgehead atoms. The van der Waals surface area contributed by atoms with Crippen molar-refractivity contribution in [2.45, 2.75) is 28.5 Å². The molecule has 0 aromatic heterocycles. The van der Waals surface area contributed by atoms with E-state index in [4.69, 9.17) is 27.9 Å². The molecule has 6 unspecified atom stereocenters. The summed E-state index contributed by atoms with van der Waals surface area (Å²) in [5.74, 6) is -25.9. The molecule has 2 aliphatic carbocycles. The highest BCUT2D eigenvalue weighted by Gasteiger charge is 2.77. The molecule has 19 heteroatoms. The van der Waals surface area contributed by atoms with Crippen molar-refractivity contribution in [2.75, 3.05) is 16.9 Å². The Kier molecular flexibility index (Phi) is 8.39. The Morgan fingerprint density at radius 1 is 0.887 bits per heavy atom. The van der Waals surface area contributed by atoms with Crippen molar-refractivity contribution in [2.24, 2.45) is 17.8 Å². The first-order chi connectivity index (χ1) is 24.8. The van der Waals surface area contributed by atoms with Crippen molar-refractivity contribution in [1.82, 2.24) is 0 Å². The number of carbonyl (C=O) groups excluding carboxylic acids is 4. The second kappa shape index (κ2) is 12.1. The third-order valence-corrected chi connectivity index (χ3v) is 12.3. The Balaban J connectivity index is 1.43. The number of phenols is 2. The van der Waals surface area contributed by atoms with Gasteiger partial charge in [-0.3, -0.25) is 19.2 Å². The summed E-state index contributed by atoms with van der Waals surface area (Å²) in [6, 6.07) is 5.42. The van der Waals surface area contributed by atoms with Gasteiger partial charge in [0, 0.05) is 12.0 Å². The van der Waals surface area contributed by atoms with E-state index < -0.39 is 121 Å². The van der Waals surface area contributed by atoms with E-state index >= 15 is 8.78 Å². The molecule has 4 aliphatic rings. The molecule has 3 N–H and O–H groups in total. The van der Waals surface area contributed by atoms with E-state index in [-0.39, 0.29) is 38.4 Å². The summed E-state index contributed by atoms with van der Waals surface area (Å²) < 4.78 is 78.7. The number of methoxy groups -OCH3 is 1. The number of imide groups is 2. The van der Waals surface area contributed by atoms with Crippen LogP contribution >= 0.6 is 39.1 Å². The highest BCUT2D eigenvalue weighted by molar-refractivity contribution is 9.10. The van der Waals surface area contributed by atoms with E-state index in [9.17, 15) is 52.5 Å². The van der Waals surface area contributed by atoms with Crippen molar-refractivity contribution >= 4 is 80.1 Å². The molecular formula is C34H20BrCl2F5N2O9. The number of hydrogen-bond donors (Lipinski definition) is 3. The standard InChI is InChI=1S/C34H20BrCl2F5N2O9/c1-53-18-7-10(6-16(35)27(18)46)20-12-4-5-14-19(29(48)43(28(14)47)11-2-3-13(30(49)50)17(45)8-11)15(12)9-33(36)31(51)44(32(52)34(20,33)37)26-24(41)22(39)21(38)23(40)25(26)42/h2-4,6-8,14-15,19-20,45-46H,5,9H2,1H3,(H,49,50). The topological polar surface area (TPSA) is 162 Å². The molecule has 3 aromatic carbocycles. The Morgan fingerprint density at radius 2 is 1.51 bits per heavy atom. The number of fused-ring (bicyclic) bond motifs is 4. The molecule has 2 heterocycles. The van der Waals surface area contributed by atoms with Crippen LogP contribution < -0.4 is 14.5 Å². The maximum atomic E-state index is 15.3. The Morgan fingerprint density at radius 3 is 2.09 bits per heavy atom. The molecule has 11 nitrogen and oxygen atoms in total. The van der Waals surface area contributed by atoms with E-state index in [1.165, 1.54) is 25.3 Å². The van der Waals surface area contributed by atoms with Gasteiger partial charge in [-0.05, 0) is 64.5 Å². The van der Waals surface area contributed by atoms with Gasteiger partial charge in [0.25, 0.3) is 11.8 Å². The van der Waals surface area contributed by atoms with Crippen LogP contribution in [0.3, 0.4) is 0 Å². The monoisotopic (exact) mass is 844 g/mol. The normalized spacial score (nSPS) is 27.8. The van der Waals surface area contributed by atoms with Crippen LogP contribution in [0.4, 0.5) is 33.3 Å². The van der Waals surface area contributed by atoms with Gasteiger partial charge >= 0.3 is 5.97 Å². The summed E-state index contributed by atoms with van der Waals surface area (Å²) in [6.07, 6.45) is 0.503. The lowest BCUT2D eigenvalue weighted by Gasteiger charge is -2.50. The number of nitrogens with zero attached hydrogens (tertiary/aromatic N) is 2. The first kappa shape index (κ1) is 36.6. The van der Waals surface area contributed by atoms with Gasteiger partial charge in [-0.25, -0.2) is 36.5 Å². The van der Waals surface area contributed by atoms with Crippen LogP contribution in [0.5, 0.6) is 17.2 Å².